The van der Waals surface area contributed by atoms with Gasteiger partial charge in [0.05, 0.1) is 9.75 Å². The molecule has 0 spiro atoms. The Hall–Kier alpha value is -2.36. The lowest BCUT2D eigenvalue weighted by Gasteiger charge is -2.37. The maximum atomic E-state index is 12.9. The predicted molar refractivity (Wildman–Crippen MR) is 96.9 cm³/mol. The lowest BCUT2D eigenvalue weighted by atomic mass is 10.0. The Morgan fingerprint density at radius 2 is 2.07 bits per heavy atom. The summed E-state index contributed by atoms with van der Waals surface area (Å²) in [6, 6.07) is 3.12. The molecule has 0 aliphatic carbocycles. The topological polar surface area (TPSA) is 66.7 Å². The monoisotopic (exact) mass is 415 g/mol. The number of halogens is 3. The highest BCUT2D eigenvalue weighted by atomic mass is 32.1. The van der Waals surface area contributed by atoms with Crippen molar-refractivity contribution in [3.05, 3.63) is 28.3 Å². The third kappa shape index (κ3) is 3.91. The van der Waals surface area contributed by atoms with Crippen molar-refractivity contribution in [2.24, 2.45) is 0 Å². The Labute approximate surface area is 163 Å². The minimum Gasteiger partial charge on any atom is -0.351 e. The highest BCUT2D eigenvalue weighted by molar-refractivity contribution is 7.17. The number of hydrogen-bond acceptors (Lipinski definition) is 5. The summed E-state index contributed by atoms with van der Waals surface area (Å²) in [4.78, 5) is 28.6. The van der Waals surface area contributed by atoms with Crippen molar-refractivity contribution in [1.82, 2.24) is 15.0 Å². The average Bonchev–Trinajstić information content (AvgIpc) is 3.26. The molecule has 6 nitrogen and oxygen atoms in total. The maximum absolute atomic E-state index is 12.9. The molecule has 2 amide bonds. The van der Waals surface area contributed by atoms with Crippen LogP contribution in [0.2, 0.25) is 0 Å². The van der Waals surface area contributed by atoms with E-state index in [1.807, 2.05) is 0 Å². The van der Waals surface area contributed by atoms with Crippen LogP contribution in [0.4, 0.5) is 13.2 Å². The van der Waals surface area contributed by atoms with Gasteiger partial charge in [0.25, 0.3) is 5.91 Å². The van der Waals surface area contributed by atoms with E-state index in [-0.39, 0.29) is 29.1 Å². The van der Waals surface area contributed by atoms with Crippen LogP contribution >= 0.6 is 11.3 Å². The van der Waals surface area contributed by atoms with Gasteiger partial charge in [0.2, 0.25) is 11.7 Å². The SMILES string of the molecule is CC(=O)N(C)[C@@H]1CCCN(C(=O)c2ccc(-c3noc(C(F)(F)F)c3C)s2)C1. The number of likely N-dealkylation sites (N-methyl/N-ethyl adjacent to an activating group) is 1. The third-order valence-electron chi connectivity index (χ3n) is 4.96. The number of piperidine rings is 1. The zero-order chi connectivity index (χ0) is 20.6. The first-order chi connectivity index (χ1) is 13.1. The highest BCUT2D eigenvalue weighted by Gasteiger charge is 2.39. The smallest absolute Gasteiger partial charge is 0.351 e. The molecule has 28 heavy (non-hydrogen) atoms. The van der Waals surface area contributed by atoms with Crippen LogP contribution < -0.4 is 0 Å². The zero-order valence-electron chi connectivity index (χ0n) is 15.7. The molecule has 0 aromatic carbocycles. The lowest BCUT2D eigenvalue weighted by Crippen LogP contribution is -2.49. The van der Waals surface area contributed by atoms with Crippen LogP contribution in [0.25, 0.3) is 10.6 Å². The molecule has 10 heteroatoms. The molecular weight excluding hydrogens is 395 g/mol. The van der Waals surface area contributed by atoms with E-state index in [9.17, 15) is 22.8 Å². The summed E-state index contributed by atoms with van der Waals surface area (Å²) in [5, 5.41) is 3.54. The van der Waals surface area contributed by atoms with Crippen LogP contribution in [-0.4, -0.2) is 52.9 Å². The maximum Gasteiger partial charge on any atom is 0.452 e. The Kier molecular flexibility index (Phi) is 5.51. The van der Waals surface area contributed by atoms with Gasteiger partial charge in [-0.1, -0.05) is 5.16 Å². The predicted octanol–water partition coefficient (Wildman–Crippen LogP) is 3.81. The van der Waals surface area contributed by atoms with Crippen molar-refractivity contribution in [2.75, 3.05) is 20.1 Å². The average molecular weight is 415 g/mol. The standard InChI is InChI=1S/C18H20F3N3O3S/c1-10-15(22-27-16(10)18(19,20)21)13-6-7-14(28-13)17(26)24-8-4-5-12(9-24)23(3)11(2)25/h6-7,12H,4-5,8-9H2,1-3H3/t12-/m1/s1. The second-order valence-corrected chi connectivity index (χ2v) is 7.91. The Balaban J connectivity index is 1.78. The molecule has 1 aliphatic heterocycles. The molecule has 1 aliphatic rings. The fourth-order valence-corrected chi connectivity index (χ4v) is 4.29. The zero-order valence-corrected chi connectivity index (χ0v) is 16.5. The van der Waals surface area contributed by atoms with E-state index in [2.05, 4.69) is 9.68 Å². The second-order valence-electron chi connectivity index (χ2n) is 6.82. The van der Waals surface area contributed by atoms with Crippen molar-refractivity contribution in [3.63, 3.8) is 0 Å². The van der Waals surface area contributed by atoms with Gasteiger partial charge in [0.1, 0.15) is 5.69 Å². The summed E-state index contributed by atoms with van der Waals surface area (Å²) in [7, 11) is 1.72. The summed E-state index contributed by atoms with van der Waals surface area (Å²) in [5.74, 6) is -1.38. The van der Waals surface area contributed by atoms with E-state index in [1.165, 1.54) is 13.8 Å². The first kappa shape index (κ1) is 20.4. The number of aromatic nitrogens is 1. The van der Waals surface area contributed by atoms with Crippen molar-refractivity contribution in [1.29, 1.82) is 0 Å². The molecule has 0 bridgehead atoms. The van der Waals surface area contributed by atoms with Crippen molar-refractivity contribution in [3.8, 4) is 10.6 Å². The normalized spacial score (nSPS) is 17.6. The number of nitrogens with zero attached hydrogens (tertiary/aromatic N) is 3. The van der Waals surface area contributed by atoms with Gasteiger partial charge in [0, 0.05) is 38.7 Å². The summed E-state index contributed by atoms with van der Waals surface area (Å²) >= 11 is 1.08. The van der Waals surface area contributed by atoms with Crippen molar-refractivity contribution in [2.45, 2.75) is 38.9 Å². The molecular formula is C18H20F3N3O3S. The largest absolute Gasteiger partial charge is 0.452 e. The van der Waals surface area contributed by atoms with Crippen LogP contribution in [0.1, 0.15) is 40.8 Å². The molecule has 152 valence electrons. The van der Waals surface area contributed by atoms with E-state index in [4.69, 9.17) is 0 Å². The van der Waals surface area contributed by atoms with Crippen LogP contribution in [0, 0.1) is 6.92 Å². The van der Waals surface area contributed by atoms with E-state index >= 15 is 0 Å². The van der Waals surface area contributed by atoms with E-state index < -0.39 is 11.9 Å². The highest BCUT2D eigenvalue weighted by Crippen LogP contribution is 2.38. The first-order valence-electron chi connectivity index (χ1n) is 8.76. The number of carbonyl (C=O) groups excluding carboxylic acids is 2. The van der Waals surface area contributed by atoms with Crippen LogP contribution in [0.15, 0.2) is 16.7 Å². The van der Waals surface area contributed by atoms with E-state index in [0.29, 0.717) is 22.8 Å². The molecule has 0 saturated carbocycles. The number of carbonyl (C=O) groups is 2. The van der Waals surface area contributed by atoms with Gasteiger partial charge in [0.15, 0.2) is 0 Å². The fraction of sp³-hybridized carbons (Fsp3) is 0.500. The van der Waals surface area contributed by atoms with Crippen LogP contribution in [0.5, 0.6) is 0 Å². The number of rotatable bonds is 3. The summed E-state index contributed by atoms with van der Waals surface area (Å²) in [6.07, 6.45) is -3.01. The Morgan fingerprint density at radius 3 is 2.68 bits per heavy atom. The van der Waals surface area contributed by atoms with Gasteiger partial charge in [-0.25, -0.2) is 0 Å². The first-order valence-corrected chi connectivity index (χ1v) is 9.57. The number of likely N-dealkylation sites (tertiary alicyclic amines) is 1. The Bertz CT molecular complexity index is 890. The second kappa shape index (κ2) is 7.57. The summed E-state index contributed by atoms with van der Waals surface area (Å²) in [6.45, 7) is 3.79. The van der Waals surface area contributed by atoms with Gasteiger partial charge in [-0.2, -0.15) is 13.2 Å². The minimum atomic E-state index is -4.61. The molecule has 2 aromatic heterocycles. The van der Waals surface area contributed by atoms with Crippen molar-refractivity contribution < 1.29 is 27.3 Å². The van der Waals surface area contributed by atoms with E-state index in [1.54, 1.807) is 29.0 Å². The summed E-state index contributed by atoms with van der Waals surface area (Å²) in [5.41, 5.74) is -0.0151. The van der Waals surface area contributed by atoms with Gasteiger partial charge in [-0.15, -0.1) is 11.3 Å². The van der Waals surface area contributed by atoms with Gasteiger partial charge >= 0.3 is 6.18 Å². The molecule has 1 fully saturated rings. The molecule has 1 atom stereocenters. The quantitative estimate of drug-likeness (QED) is 0.765. The molecule has 3 heterocycles. The number of hydrogen-bond donors (Lipinski definition) is 0. The minimum absolute atomic E-state index is 0.0400. The molecule has 0 unspecified atom stereocenters. The third-order valence-corrected chi connectivity index (χ3v) is 6.04. The van der Waals surface area contributed by atoms with Gasteiger partial charge < -0.3 is 14.3 Å². The van der Waals surface area contributed by atoms with Crippen LogP contribution in [0.3, 0.4) is 0 Å². The van der Waals surface area contributed by atoms with Gasteiger partial charge in [-0.05, 0) is 31.9 Å². The van der Waals surface area contributed by atoms with Crippen molar-refractivity contribution >= 4 is 23.2 Å². The molecule has 1 saturated heterocycles. The molecule has 2 aromatic rings. The molecule has 0 radical (unpaired) electrons. The van der Waals surface area contributed by atoms with Crippen LogP contribution in [-0.2, 0) is 11.0 Å². The molecule has 0 N–H and O–H groups in total. The number of alkyl halides is 3. The van der Waals surface area contributed by atoms with E-state index in [0.717, 1.165) is 24.2 Å². The number of thiophene rings is 1. The Morgan fingerprint density at radius 1 is 1.36 bits per heavy atom. The number of amides is 2. The van der Waals surface area contributed by atoms with Gasteiger partial charge in [-0.3, -0.25) is 9.59 Å². The molecule has 3 rings (SSSR count). The fourth-order valence-electron chi connectivity index (χ4n) is 3.28. The lowest BCUT2D eigenvalue weighted by molar-refractivity contribution is -0.156. The summed E-state index contributed by atoms with van der Waals surface area (Å²) < 4.78 is 43.1.